The molecule has 0 saturated carbocycles. The molecule has 0 aliphatic heterocycles. The summed E-state index contributed by atoms with van der Waals surface area (Å²) >= 11 is 11.7. The van der Waals surface area contributed by atoms with Gasteiger partial charge >= 0.3 is 0 Å². The summed E-state index contributed by atoms with van der Waals surface area (Å²) in [5, 5.41) is 3.08. The van der Waals surface area contributed by atoms with E-state index < -0.39 is 11.6 Å². The van der Waals surface area contributed by atoms with Crippen LogP contribution in [0.4, 0.5) is 25.8 Å². The Kier molecular flexibility index (Phi) is 3.83. The third-order valence-electron chi connectivity index (χ3n) is 2.61. The molecular formula is C13H10Cl2F2N2. The first-order valence-corrected chi connectivity index (χ1v) is 6.11. The van der Waals surface area contributed by atoms with Crippen LogP contribution in [0.5, 0.6) is 0 Å². The first kappa shape index (κ1) is 13.9. The molecule has 0 aliphatic rings. The van der Waals surface area contributed by atoms with Gasteiger partial charge < -0.3 is 11.1 Å². The van der Waals surface area contributed by atoms with Gasteiger partial charge in [0.15, 0.2) is 5.82 Å². The van der Waals surface area contributed by atoms with Crippen molar-refractivity contribution in [2.24, 2.45) is 0 Å². The molecule has 2 rings (SSSR count). The number of halogens is 4. The molecule has 0 bridgehead atoms. The van der Waals surface area contributed by atoms with Crippen molar-refractivity contribution in [1.82, 2.24) is 0 Å². The van der Waals surface area contributed by atoms with Crippen molar-refractivity contribution in [1.29, 1.82) is 0 Å². The van der Waals surface area contributed by atoms with E-state index in [-0.39, 0.29) is 10.7 Å². The molecule has 0 saturated heterocycles. The van der Waals surface area contributed by atoms with Gasteiger partial charge in [-0.05, 0) is 30.7 Å². The second kappa shape index (κ2) is 5.23. The lowest BCUT2D eigenvalue weighted by atomic mass is 10.1. The largest absolute Gasteiger partial charge is 0.398 e. The van der Waals surface area contributed by atoms with Crippen LogP contribution in [0, 0.1) is 18.6 Å². The highest BCUT2D eigenvalue weighted by Crippen LogP contribution is 2.33. The quantitative estimate of drug-likeness (QED) is 0.774. The number of hydrogen-bond acceptors (Lipinski definition) is 2. The maximum atomic E-state index is 13.7. The zero-order valence-corrected chi connectivity index (χ0v) is 11.4. The first-order chi connectivity index (χ1) is 8.88. The van der Waals surface area contributed by atoms with E-state index in [0.717, 1.165) is 17.7 Å². The standard InChI is InChI=1S/C13H10Cl2F2N2/c1-6-2-11(18)8(14)5-12(6)19-13-9(15)3-7(16)4-10(13)17/h2-5,19H,18H2,1H3. The van der Waals surface area contributed by atoms with Crippen LogP contribution in [0.25, 0.3) is 0 Å². The summed E-state index contributed by atoms with van der Waals surface area (Å²) in [6.45, 7) is 1.78. The van der Waals surface area contributed by atoms with E-state index in [9.17, 15) is 8.78 Å². The molecule has 0 fully saturated rings. The fourth-order valence-corrected chi connectivity index (χ4v) is 2.04. The Morgan fingerprint density at radius 1 is 1.05 bits per heavy atom. The molecule has 19 heavy (non-hydrogen) atoms. The number of nitrogens with two attached hydrogens (primary N) is 1. The molecule has 0 aliphatic carbocycles. The lowest BCUT2D eigenvalue weighted by molar-refractivity contribution is 0.586. The van der Waals surface area contributed by atoms with Crippen molar-refractivity contribution in [2.75, 3.05) is 11.1 Å². The lowest BCUT2D eigenvalue weighted by Gasteiger charge is -2.13. The van der Waals surface area contributed by atoms with E-state index in [1.54, 1.807) is 19.1 Å². The summed E-state index contributed by atoms with van der Waals surface area (Å²) in [5.41, 5.74) is 7.39. The van der Waals surface area contributed by atoms with Crippen LogP contribution in [0.1, 0.15) is 5.56 Å². The fourth-order valence-electron chi connectivity index (χ4n) is 1.63. The summed E-state index contributed by atoms with van der Waals surface area (Å²) in [5.74, 6) is -1.52. The molecular weight excluding hydrogens is 293 g/mol. The highest BCUT2D eigenvalue weighted by atomic mass is 35.5. The topological polar surface area (TPSA) is 38.0 Å². The number of anilines is 3. The Balaban J connectivity index is 2.45. The Morgan fingerprint density at radius 3 is 2.37 bits per heavy atom. The van der Waals surface area contributed by atoms with Gasteiger partial charge in [0, 0.05) is 11.8 Å². The Labute approximate surface area is 119 Å². The Morgan fingerprint density at radius 2 is 1.74 bits per heavy atom. The average Bonchev–Trinajstić information content (AvgIpc) is 2.29. The fraction of sp³-hybridized carbons (Fsp3) is 0.0769. The van der Waals surface area contributed by atoms with E-state index >= 15 is 0 Å². The zero-order valence-electron chi connectivity index (χ0n) is 9.90. The summed E-state index contributed by atoms with van der Waals surface area (Å²) in [4.78, 5) is 0. The predicted molar refractivity (Wildman–Crippen MR) is 75.3 cm³/mol. The van der Waals surface area contributed by atoms with Crippen molar-refractivity contribution in [2.45, 2.75) is 6.92 Å². The third kappa shape index (κ3) is 2.91. The average molecular weight is 303 g/mol. The normalized spacial score (nSPS) is 10.6. The van der Waals surface area contributed by atoms with E-state index in [2.05, 4.69) is 5.32 Å². The van der Waals surface area contributed by atoms with Crippen LogP contribution < -0.4 is 11.1 Å². The SMILES string of the molecule is Cc1cc(N)c(Cl)cc1Nc1c(F)cc(F)cc1Cl. The van der Waals surface area contributed by atoms with Crippen molar-refractivity contribution in [3.63, 3.8) is 0 Å². The molecule has 6 heteroatoms. The summed E-state index contributed by atoms with van der Waals surface area (Å²) in [6, 6.07) is 5.00. The second-order valence-electron chi connectivity index (χ2n) is 4.06. The predicted octanol–water partition coefficient (Wildman–Crippen LogP) is 4.91. The van der Waals surface area contributed by atoms with Crippen LogP contribution in [-0.2, 0) is 0 Å². The van der Waals surface area contributed by atoms with E-state index in [1.807, 2.05) is 0 Å². The molecule has 2 aromatic carbocycles. The molecule has 0 atom stereocenters. The maximum Gasteiger partial charge on any atom is 0.151 e. The number of rotatable bonds is 2. The number of aryl methyl sites for hydroxylation is 1. The van der Waals surface area contributed by atoms with Crippen molar-refractivity contribution in [3.8, 4) is 0 Å². The summed E-state index contributed by atoms with van der Waals surface area (Å²) in [7, 11) is 0. The Bertz CT molecular complexity index is 622. The zero-order chi connectivity index (χ0) is 14.2. The van der Waals surface area contributed by atoms with Crippen LogP contribution in [0.2, 0.25) is 10.0 Å². The maximum absolute atomic E-state index is 13.7. The van der Waals surface area contributed by atoms with Gasteiger partial charge in [0.25, 0.3) is 0 Å². The minimum Gasteiger partial charge on any atom is -0.398 e. The monoisotopic (exact) mass is 302 g/mol. The molecule has 0 radical (unpaired) electrons. The Hall–Kier alpha value is -1.52. The minimum atomic E-state index is -0.780. The highest BCUT2D eigenvalue weighted by Gasteiger charge is 2.12. The van der Waals surface area contributed by atoms with Gasteiger partial charge in [0.05, 0.1) is 21.4 Å². The number of benzene rings is 2. The summed E-state index contributed by atoms with van der Waals surface area (Å²) in [6.07, 6.45) is 0. The van der Waals surface area contributed by atoms with Crippen LogP contribution in [0.15, 0.2) is 24.3 Å². The highest BCUT2D eigenvalue weighted by molar-refractivity contribution is 6.34. The van der Waals surface area contributed by atoms with E-state index in [0.29, 0.717) is 16.4 Å². The number of nitrogen functional groups attached to an aromatic ring is 1. The van der Waals surface area contributed by atoms with Gasteiger partial charge in [0.1, 0.15) is 5.82 Å². The molecule has 0 spiro atoms. The number of nitrogens with one attached hydrogen (secondary N) is 1. The van der Waals surface area contributed by atoms with E-state index in [4.69, 9.17) is 28.9 Å². The molecule has 3 N–H and O–H groups in total. The molecule has 2 nitrogen and oxygen atoms in total. The van der Waals surface area contributed by atoms with Crippen molar-refractivity contribution < 1.29 is 8.78 Å². The van der Waals surface area contributed by atoms with E-state index in [1.165, 1.54) is 0 Å². The first-order valence-electron chi connectivity index (χ1n) is 5.35. The third-order valence-corrected chi connectivity index (χ3v) is 3.24. The molecule has 0 heterocycles. The molecule has 0 amide bonds. The minimum absolute atomic E-state index is 0.00740. The molecule has 0 unspecified atom stereocenters. The molecule has 2 aromatic rings. The molecule has 100 valence electrons. The van der Waals surface area contributed by atoms with Crippen molar-refractivity contribution in [3.05, 3.63) is 51.5 Å². The van der Waals surface area contributed by atoms with Gasteiger partial charge in [-0.2, -0.15) is 0 Å². The number of hydrogen-bond donors (Lipinski definition) is 2. The lowest BCUT2D eigenvalue weighted by Crippen LogP contribution is -1.99. The van der Waals surface area contributed by atoms with Crippen molar-refractivity contribution >= 4 is 40.3 Å². The smallest absolute Gasteiger partial charge is 0.151 e. The van der Waals surface area contributed by atoms with Crippen LogP contribution >= 0.6 is 23.2 Å². The van der Waals surface area contributed by atoms with Gasteiger partial charge in [-0.3, -0.25) is 0 Å². The van der Waals surface area contributed by atoms with Gasteiger partial charge in [-0.25, -0.2) is 8.78 Å². The van der Waals surface area contributed by atoms with Gasteiger partial charge in [-0.1, -0.05) is 23.2 Å². The van der Waals surface area contributed by atoms with Crippen LogP contribution in [-0.4, -0.2) is 0 Å². The summed E-state index contributed by atoms with van der Waals surface area (Å²) < 4.78 is 26.6. The second-order valence-corrected chi connectivity index (χ2v) is 4.87. The van der Waals surface area contributed by atoms with Gasteiger partial charge in [0.2, 0.25) is 0 Å². The van der Waals surface area contributed by atoms with Crippen LogP contribution in [0.3, 0.4) is 0 Å². The molecule has 0 aromatic heterocycles. The van der Waals surface area contributed by atoms with Gasteiger partial charge in [-0.15, -0.1) is 0 Å².